The molecule has 0 heterocycles. The Kier molecular flexibility index (Phi) is 5.27. The van der Waals surface area contributed by atoms with Gasteiger partial charge in [-0.15, -0.1) is 0 Å². The highest BCUT2D eigenvalue weighted by molar-refractivity contribution is 4.65. The molecule has 0 aromatic carbocycles. The molecule has 68 valence electrons. The van der Waals surface area contributed by atoms with E-state index in [1.807, 2.05) is 0 Å². The van der Waals surface area contributed by atoms with Crippen LogP contribution in [0.5, 0.6) is 0 Å². The molecule has 3 nitrogen and oxygen atoms in total. The van der Waals surface area contributed by atoms with Gasteiger partial charge in [0.25, 0.3) is 5.92 Å². The van der Waals surface area contributed by atoms with Crippen LogP contribution in [0, 0.1) is 0 Å². The lowest BCUT2D eigenvalue weighted by Gasteiger charge is -2.14. The topological polar surface area (TPSA) is 61.3 Å². The van der Waals surface area contributed by atoms with Gasteiger partial charge in [0.15, 0.2) is 0 Å². The monoisotopic (exact) mass is 168 g/mol. The van der Waals surface area contributed by atoms with Crippen molar-refractivity contribution in [2.45, 2.75) is 12.3 Å². The zero-order chi connectivity index (χ0) is 8.74. The Morgan fingerprint density at radius 2 is 1.82 bits per heavy atom. The Hall–Kier alpha value is -0.260. The standard InChI is InChI=1S/C6H14F2N2O/c7-6(8,1-2-9)5-11-4-3-10/h1-5,9-10H2. The smallest absolute Gasteiger partial charge is 0.272 e. The first-order valence-electron chi connectivity index (χ1n) is 3.48. The van der Waals surface area contributed by atoms with Crippen molar-refractivity contribution in [2.24, 2.45) is 11.5 Å². The Morgan fingerprint density at radius 3 is 2.27 bits per heavy atom. The number of rotatable bonds is 6. The van der Waals surface area contributed by atoms with Crippen LogP contribution in [0.2, 0.25) is 0 Å². The first-order chi connectivity index (χ1) is 5.12. The van der Waals surface area contributed by atoms with Crippen LogP contribution in [0.1, 0.15) is 6.42 Å². The van der Waals surface area contributed by atoms with Crippen LogP contribution in [0.4, 0.5) is 8.78 Å². The van der Waals surface area contributed by atoms with Gasteiger partial charge in [0.2, 0.25) is 0 Å². The van der Waals surface area contributed by atoms with E-state index < -0.39 is 12.5 Å². The van der Waals surface area contributed by atoms with Crippen LogP contribution in [0.15, 0.2) is 0 Å². The lowest BCUT2D eigenvalue weighted by Crippen LogP contribution is -2.28. The molecule has 0 spiro atoms. The third-order valence-corrected chi connectivity index (χ3v) is 1.09. The summed E-state index contributed by atoms with van der Waals surface area (Å²) >= 11 is 0. The third kappa shape index (κ3) is 6.15. The van der Waals surface area contributed by atoms with Gasteiger partial charge < -0.3 is 16.2 Å². The molecule has 0 aromatic rings. The molecule has 0 amide bonds. The average molecular weight is 168 g/mol. The fraction of sp³-hybridized carbons (Fsp3) is 1.00. The fourth-order valence-corrected chi connectivity index (χ4v) is 0.588. The van der Waals surface area contributed by atoms with Crippen molar-refractivity contribution in [3.8, 4) is 0 Å². The summed E-state index contributed by atoms with van der Waals surface area (Å²) in [6, 6.07) is 0. The van der Waals surface area contributed by atoms with Crippen molar-refractivity contribution in [3.05, 3.63) is 0 Å². The van der Waals surface area contributed by atoms with E-state index in [2.05, 4.69) is 4.74 Å². The summed E-state index contributed by atoms with van der Waals surface area (Å²) in [6.07, 6.45) is -0.336. The first kappa shape index (κ1) is 10.7. The molecular weight excluding hydrogens is 154 g/mol. The molecule has 0 aliphatic carbocycles. The number of halogens is 2. The predicted octanol–water partition coefficient (Wildman–Crippen LogP) is -0.0542. The van der Waals surface area contributed by atoms with E-state index in [-0.39, 0.29) is 26.1 Å². The molecule has 11 heavy (non-hydrogen) atoms. The van der Waals surface area contributed by atoms with Crippen molar-refractivity contribution in [1.29, 1.82) is 0 Å². The van der Waals surface area contributed by atoms with Crippen molar-refractivity contribution in [1.82, 2.24) is 0 Å². The summed E-state index contributed by atoms with van der Waals surface area (Å²) in [5.74, 6) is -2.80. The van der Waals surface area contributed by atoms with Gasteiger partial charge in [-0.25, -0.2) is 8.78 Å². The maximum absolute atomic E-state index is 12.5. The minimum absolute atomic E-state index is 0.0288. The Labute approximate surface area is 64.7 Å². The van der Waals surface area contributed by atoms with Crippen molar-refractivity contribution in [2.75, 3.05) is 26.3 Å². The molecule has 4 N–H and O–H groups in total. The highest BCUT2D eigenvalue weighted by Crippen LogP contribution is 2.17. The molecule has 0 aliphatic rings. The van der Waals surface area contributed by atoms with E-state index >= 15 is 0 Å². The largest absolute Gasteiger partial charge is 0.374 e. The number of alkyl halides is 2. The van der Waals surface area contributed by atoms with Crippen LogP contribution in [-0.4, -0.2) is 32.2 Å². The van der Waals surface area contributed by atoms with E-state index in [4.69, 9.17) is 11.5 Å². The van der Waals surface area contributed by atoms with Gasteiger partial charge in [-0.1, -0.05) is 0 Å². The second kappa shape index (κ2) is 5.40. The van der Waals surface area contributed by atoms with E-state index in [1.54, 1.807) is 0 Å². The van der Waals surface area contributed by atoms with E-state index in [0.29, 0.717) is 0 Å². The lowest BCUT2D eigenvalue weighted by molar-refractivity contribution is -0.0787. The van der Waals surface area contributed by atoms with Gasteiger partial charge in [-0.3, -0.25) is 0 Å². The van der Waals surface area contributed by atoms with Gasteiger partial charge in [-0.05, 0) is 6.54 Å². The predicted molar refractivity (Wildman–Crippen MR) is 38.5 cm³/mol. The van der Waals surface area contributed by atoms with Crippen LogP contribution in [0.25, 0.3) is 0 Å². The molecule has 0 saturated heterocycles. The van der Waals surface area contributed by atoms with Gasteiger partial charge in [-0.2, -0.15) is 0 Å². The number of hydrogen-bond donors (Lipinski definition) is 2. The molecule has 0 atom stereocenters. The second-order valence-electron chi connectivity index (χ2n) is 2.24. The molecule has 0 radical (unpaired) electrons. The molecule has 0 bridgehead atoms. The number of ether oxygens (including phenoxy) is 1. The van der Waals surface area contributed by atoms with Crippen molar-refractivity contribution in [3.63, 3.8) is 0 Å². The van der Waals surface area contributed by atoms with Crippen LogP contribution >= 0.6 is 0 Å². The van der Waals surface area contributed by atoms with Crippen molar-refractivity contribution < 1.29 is 13.5 Å². The van der Waals surface area contributed by atoms with E-state index in [9.17, 15) is 8.78 Å². The maximum atomic E-state index is 12.5. The summed E-state index contributed by atoms with van der Waals surface area (Å²) < 4.78 is 29.6. The van der Waals surface area contributed by atoms with E-state index in [1.165, 1.54) is 0 Å². The maximum Gasteiger partial charge on any atom is 0.272 e. The minimum atomic E-state index is -2.80. The summed E-state index contributed by atoms with van der Waals surface area (Å²) in [5.41, 5.74) is 10.00. The van der Waals surface area contributed by atoms with Crippen LogP contribution in [-0.2, 0) is 4.74 Å². The quantitative estimate of drug-likeness (QED) is 0.546. The lowest BCUT2D eigenvalue weighted by atomic mass is 10.2. The SMILES string of the molecule is NCCOCC(F)(F)CCN. The van der Waals surface area contributed by atoms with Gasteiger partial charge >= 0.3 is 0 Å². The molecule has 0 saturated carbocycles. The molecule has 0 fully saturated rings. The Morgan fingerprint density at radius 1 is 1.18 bits per heavy atom. The average Bonchev–Trinajstić information content (AvgIpc) is 1.87. The minimum Gasteiger partial charge on any atom is -0.374 e. The Balaban J connectivity index is 3.38. The third-order valence-electron chi connectivity index (χ3n) is 1.09. The second-order valence-corrected chi connectivity index (χ2v) is 2.24. The summed E-state index contributed by atoms with van der Waals surface area (Å²) in [7, 11) is 0. The van der Waals surface area contributed by atoms with Crippen LogP contribution in [0.3, 0.4) is 0 Å². The highest BCUT2D eigenvalue weighted by Gasteiger charge is 2.27. The molecule has 0 aromatic heterocycles. The van der Waals surface area contributed by atoms with Crippen molar-refractivity contribution >= 4 is 0 Å². The normalized spacial score (nSPS) is 12.0. The summed E-state index contributed by atoms with van der Waals surface area (Å²) in [5, 5.41) is 0. The molecular formula is C6H14F2N2O. The summed E-state index contributed by atoms with van der Waals surface area (Å²) in [6.45, 7) is -0.181. The first-order valence-corrected chi connectivity index (χ1v) is 3.48. The van der Waals surface area contributed by atoms with Crippen LogP contribution < -0.4 is 11.5 Å². The van der Waals surface area contributed by atoms with Gasteiger partial charge in [0.05, 0.1) is 6.61 Å². The molecule has 5 heteroatoms. The Bertz CT molecular complexity index is 101. The zero-order valence-corrected chi connectivity index (χ0v) is 6.35. The van der Waals surface area contributed by atoms with Gasteiger partial charge in [0.1, 0.15) is 6.61 Å². The number of nitrogens with two attached hydrogens (primary N) is 2. The highest BCUT2D eigenvalue weighted by atomic mass is 19.3. The molecule has 0 unspecified atom stereocenters. The fourth-order valence-electron chi connectivity index (χ4n) is 0.588. The van der Waals surface area contributed by atoms with E-state index in [0.717, 1.165) is 0 Å². The number of hydrogen-bond acceptors (Lipinski definition) is 3. The van der Waals surface area contributed by atoms with Gasteiger partial charge in [0, 0.05) is 13.0 Å². The zero-order valence-electron chi connectivity index (χ0n) is 6.35. The molecule has 0 aliphatic heterocycles. The summed E-state index contributed by atoms with van der Waals surface area (Å²) in [4.78, 5) is 0. The molecule has 0 rings (SSSR count).